The number of rotatable bonds is 8. The standard InChI is InChI=1S/C19H24N2O3/c1-14(2)24-18-10-9-17(11-20-18)12-21-19(22)15(3)23-13-16-7-5-4-6-8-16/h4-11,14-15H,12-13H2,1-3H3,(H,21,22)/t15-/m1/s1. The molecule has 0 spiro atoms. The highest BCUT2D eigenvalue weighted by Crippen LogP contribution is 2.09. The molecule has 0 aliphatic carbocycles. The van der Waals surface area contributed by atoms with E-state index in [9.17, 15) is 4.79 Å². The summed E-state index contributed by atoms with van der Waals surface area (Å²) in [5.74, 6) is 0.438. The number of nitrogens with one attached hydrogen (secondary N) is 1. The topological polar surface area (TPSA) is 60.5 Å². The smallest absolute Gasteiger partial charge is 0.249 e. The van der Waals surface area contributed by atoms with Gasteiger partial charge in [-0.25, -0.2) is 4.98 Å². The molecule has 2 rings (SSSR count). The second kappa shape index (κ2) is 9.03. The summed E-state index contributed by atoms with van der Waals surface area (Å²) >= 11 is 0. The van der Waals surface area contributed by atoms with Gasteiger partial charge in [0.05, 0.1) is 12.7 Å². The Balaban J connectivity index is 1.75. The molecule has 1 amide bonds. The molecule has 24 heavy (non-hydrogen) atoms. The number of ether oxygens (including phenoxy) is 2. The molecule has 0 saturated heterocycles. The van der Waals surface area contributed by atoms with Crippen LogP contribution in [0.1, 0.15) is 31.9 Å². The Morgan fingerprint density at radius 3 is 2.46 bits per heavy atom. The van der Waals surface area contributed by atoms with Gasteiger partial charge in [-0.3, -0.25) is 4.79 Å². The molecule has 1 atom stereocenters. The molecule has 1 N–H and O–H groups in total. The quantitative estimate of drug-likeness (QED) is 0.809. The second-order valence-corrected chi connectivity index (χ2v) is 5.83. The van der Waals surface area contributed by atoms with E-state index in [-0.39, 0.29) is 12.0 Å². The van der Waals surface area contributed by atoms with E-state index in [2.05, 4.69) is 10.3 Å². The average Bonchev–Trinajstić information content (AvgIpc) is 2.59. The molecular weight excluding hydrogens is 304 g/mol. The minimum absolute atomic E-state index is 0.0886. The van der Waals surface area contributed by atoms with Crippen molar-refractivity contribution in [3.63, 3.8) is 0 Å². The van der Waals surface area contributed by atoms with Crippen LogP contribution in [0.5, 0.6) is 5.88 Å². The van der Waals surface area contributed by atoms with Crippen molar-refractivity contribution < 1.29 is 14.3 Å². The first-order chi connectivity index (χ1) is 11.5. The molecule has 0 radical (unpaired) electrons. The minimum Gasteiger partial charge on any atom is -0.475 e. The lowest BCUT2D eigenvalue weighted by Crippen LogP contribution is -2.34. The summed E-state index contributed by atoms with van der Waals surface area (Å²) in [4.78, 5) is 16.3. The highest BCUT2D eigenvalue weighted by atomic mass is 16.5. The van der Waals surface area contributed by atoms with Crippen molar-refractivity contribution in [3.05, 3.63) is 59.8 Å². The lowest BCUT2D eigenvalue weighted by atomic mass is 10.2. The molecule has 1 heterocycles. The van der Waals surface area contributed by atoms with Crippen molar-refractivity contribution in [1.29, 1.82) is 0 Å². The SMILES string of the molecule is CC(C)Oc1ccc(CNC(=O)[C@@H](C)OCc2ccccc2)cn1. The Morgan fingerprint density at radius 1 is 1.08 bits per heavy atom. The fraction of sp³-hybridized carbons (Fsp3) is 0.368. The maximum absolute atomic E-state index is 12.1. The van der Waals surface area contributed by atoms with E-state index < -0.39 is 6.10 Å². The van der Waals surface area contributed by atoms with Gasteiger partial charge in [0.15, 0.2) is 0 Å². The van der Waals surface area contributed by atoms with E-state index in [1.54, 1.807) is 19.2 Å². The summed E-state index contributed by atoms with van der Waals surface area (Å²) in [6, 6.07) is 13.5. The maximum Gasteiger partial charge on any atom is 0.249 e. The van der Waals surface area contributed by atoms with Gasteiger partial charge < -0.3 is 14.8 Å². The van der Waals surface area contributed by atoms with Gasteiger partial charge in [-0.15, -0.1) is 0 Å². The largest absolute Gasteiger partial charge is 0.475 e. The van der Waals surface area contributed by atoms with E-state index in [0.717, 1.165) is 11.1 Å². The number of aromatic nitrogens is 1. The number of amides is 1. The van der Waals surface area contributed by atoms with Gasteiger partial charge in [-0.05, 0) is 31.9 Å². The Labute approximate surface area is 143 Å². The third kappa shape index (κ3) is 6.01. The van der Waals surface area contributed by atoms with Crippen LogP contribution in [0.15, 0.2) is 48.7 Å². The Kier molecular flexibility index (Phi) is 6.75. The Morgan fingerprint density at radius 2 is 1.83 bits per heavy atom. The van der Waals surface area contributed by atoms with Crippen LogP contribution in [0.2, 0.25) is 0 Å². The van der Waals surface area contributed by atoms with E-state index in [0.29, 0.717) is 19.0 Å². The normalized spacial score (nSPS) is 12.0. The van der Waals surface area contributed by atoms with Gasteiger partial charge in [-0.1, -0.05) is 36.4 Å². The summed E-state index contributed by atoms with van der Waals surface area (Å²) < 4.78 is 11.1. The molecule has 0 aliphatic heterocycles. The monoisotopic (exact) mass is 328 g/mol. The van der Waals surface area contributed by atoms with Crippen molar-refractivity contribution in [2.45, 2.75) is 46.1 Å². The highest BCUT2D eigenvalue weighted by molar-refractivity contribution is 5.80. The summed E-state index contributed by atoms with van der Waals surface area (Å²) in [6.07, 6.45) is 1.28. The van der Waals surface area contributed by atoms with Crippen molar-refractivity contribution in [2.24, 2.45) is 0 Å². The van der Waals surface area contributed by atoms with Gasteiger partial charge in [0, 0.05) is 18.8 Å². The maximum atomic E-state index is 12.1. The Bertz CT molecular complexity index is 627. The van der Waals surface area contributed by atoms with Crippen LogP contribution in [0.25, 0.3) is 0 Å². The lowest BCUT2D eigenvalue weighted by Gasteiger charge is -2.14. The van der Waals surface area contributed by atoms with Crippen LogP contribution in [0.4, 0.5) is 0 Å². The fourth-order valence-corrected chi connectivity index (χ4v) is 2.03. The van der Waals surface area contributed by atoms with Gasteiger partial charge in [0.2, 0.25) is 11.8 Å². The molecule has 1 aromatic heterocycles. The first kappa shape index (κ1) is 17.9. The van der Waals surface area contributed by atoms with E-state index in [4.69, 9.17) is 9.47 Å². The van der Waals surface area contributed by atoms with E-state index >= 15 is 0 Å². The number of hydrogen-bond donors (Lipinski definition) is 1. The zero-order chi connectivity index (χ0) is 17.4. The number of benzene rings is 1. The predicted octanol–water partition coefficient (Wildman–Crippen LogP) is 3.09. The van der Waals surface area contributed by atoms with Gasteiger partial charge >= 0.3 is 0 Å². The number of hydrogen-bond acceptors (Lipinski definition) is 4. The molecule has 0 aliphatic rings. The molecule has 0 unspecified atom stereocenters. The first-order valence-corrected chi connectivity index (χ1v) is 8.09. The first-order valence-electron chi connectivity index (χ1n) is 8.09. The Hall–Kier alpha value is -2.40. The van der Waals surface area contributed by atoms with Crippen LogP contribution in [0, 0.1) is 0 Å². The molecule has 0 saturated carbocycles. The minimum atomic E-state index is -0.512. The van der Waals surface area contributed by atoms with Crippen molar-refractivity contribution in [2.75, 3.05) is 0 Å². The van der Waals surface area contributed by atoms with Gasteiger partial charge in [0.25, 0.3) is 0 Å². The number of carbonyl (C=O) groups is 1. The molecule has 0 bridgehead atoms. The summed E-state index contributed by atoms with van der Waals surface area (Å²) in [5.41, 5.74) is 1.96. The number of pyridine rings is 1. The van der Waals surface area contributed by atoms with E-state index in [1.165, 1.54) is 0 Å². The average molecular weight is 328 g/mol. The van der Waals surface area contributed by atoms with Crippen molar-refractivity contribution >= 4 is 5.91 Å². The molecule has 0 fully saturated rings. The van der Waals surface area contributed by atoms with E-state index in [1.807, 2.05) is 50.2 Å². The molecule has 2 aromatic rings. The molecular formula is C19H24N2O3. The predicted molar refractivity (Wildman–Crippen MR) is 92.5 cm³/mol. The molecule has 5 heteroatoms. The second-order valence-electron chi connectivity index (χ2n) is 5.83. The van der Waals surface area contributed by atoms with Crippen LogP contribution in [0.3, 0.4) is 0 Å². The zero-order valence-corrected chi connectivity index (χ0v) is 14.4. The molecule has 5 nitrogen and oxygen atoms in total. The van der Waals surface area contributed by atoms with Crippen molar-refractivity contribution in [1.82, 2.24) is 10.3 Å². The summed E-state index contributed by atoms with van der Waals surface area (Å²) in [7, 11) is 0. The number of carbonyl (C=O) groups excluding carboxylic acids is 1. The highest BCUT2D eigenvalue weighted by Gasteiger charge is 2.13. The lowest BCUT2D eigenvalue weighted by molar-refractivity contribution is -0.132. The number of nitrogens with zero attached hydrogens (tertiary/aromatic N) is 1. The third-order valence-electron chi connectivity index (χ3n) is 3.33. The molecule has 128 valence electrons. The van der Waals surface area contributed by atoms with Crippen LogP contribution in [-0.4, -0.2) is 23.1 Å². The third-order valence-corrected chi connectivity index (χ3v) is 3.33. The van der Waals surface area contributed by atoms with Crippen LogP contribution >= 0.6 is 0 Å². The van der Waals surface area contributed by atoms with Crippen LogP contribution < -0.4 is 10.1 Å². The van der Waals surface area contributed by atoms with Crippen molar-refractivity contribution in [3.8, 4) is 5.88 Å². The van der Waals surface area contributed by atoms with Gasteiger partial charge in [0.1, 0.15) is 6.10 Å². The fourth-order valence-electron chi connectivity index (χ4n) is 2.03. The van der Waals surface area contributed by atoms with Crippen LogP contribution in [-0.2, 0) is 22.7 Å². The zero-order valence-electron chi connectivity index (χ0n) is 14.4. The summed E-state index contributed by atoms with van der Waals surface area (Å²) in [6.45, 7) is 6.47. The summed E-state index contributed by atoms with van der Waals surface area (Å²) in [5, 5.41) is 2.85. The van der Waals surface area contributed by atoms with Gasteiger partial charge in [-0.2, -0.15) is 0 Å². The molecule has 1 aromatic carbocycles.